The lowest BCUT2D eigenvalue weighted by Gasteiger charge is -2.38. The van der Waals surface area contributed by atoms with Crippen LogP contribution in [0.1, 0.15) is 22.3 Å². The molecule has 2 aromatic rings. The Morgan fingerprint density at radius 3 is 2.35 bits per heavy atom. The molecule has 0 aliphatic carbocycles. The van der Waals surface area contributed by atoms with Gasteiger partial charge in [0.2, 0.25) is 10.0 Å². The molecule has 1 fully saturated rings. The second kappa shape index (κ2) is 7.27. The van der Waals surface area contributed by atoms with Crippen molar-refractivity contribution in [1.82, 2.24) is 4.31 Å². The summed E-state index contributed by atoms with van der Waals surface area (Å²) in [6.07, 6.45) is -0.197. The Labute approximate surface area is 158 Å². The van der Waals surface area contributed by atoms with Crippen LogP contribution in [-0.4, -0.2) is 31.9 Å². The van der Waals surface area contributed by atoms with Crippen molar-refractivity contribution in [3.8, 4) is 0 Å². The third-order valence-electron chi connectivity index (χ3n) is 4.51. The molecule has 1 aliphatic rings. The standard InChI is InChI=1S/C19H21ClFNO3S/c1-12-6-13(2)19(14(3)7-12)26(23,24)22-9-17(10-22)25-11-15-4-5-16(21)8-18(15)20/h4-8,17H,9-11H2,1-3H3. The third-order valence-corrected chi connectivity index (χ3v) is 7.00. The molecule has 26 heavy (non-hydrogen) atoms. The van der Waals surface area contributed by atoms with Gasteiger partial charge in [0.1, 0.15) is 5.82 Å². The van der Waals surface area contributed by atoms with Crippen LogP contribution in [0.2, 0.25) is 5.02 Å². The highest BCUT2D eigenvalue weighted by Gasteiger charge is 2.38. The van der Waals surface area contributed by atoms with Crippen LogP contribution in [0.15, 0.2) is 35.2 Å². The monoisotopic (exact) mass is 397 g/mol. The topological polar surface area (TPSA) is 46.6 Å². The van der Waals surface area contributed by atoms with E-state index in [0.717, 1.165) is 16.7 Å². The molecule has 140 valence electrons. The summed E-state index contributed by atoms with van der Waals surface area (Å²) in [6, 6.07) is 7.89. The van der Waals surface area contributed by atoms with E-state index in [0.29, 0.717) is 28.6 Å². The summed E-state index contributed by atoms with van der Waals surface area (Å²) in [4.78, 5) is 0.378. The average Bonchev–Trinajstić information content (AvgIpc) is 2.45. The van der Waals surface area contributed by atoms with E-state index in [2.05, 4.69) is 0 Å². The first-order valence-electron chi connectivity index (χ1n) is 8.32. The first-order chi connectivity index (χ1) is 12.2. The minimum Gasteiger partial charge on any atom is -0.371 e. The van der Waals surface area contributed by atoms with Crippen LogP contribution in [-0.2, 0) is 21.4 Å². The predicted octanol–water partition coefficient (Wildman–Crippen LogP) is 3.99. The number of hydrogen-bond donors (Lipinski definition) is 0. The molecule has 2 aromatic carbocycles. The molecule has 3 rings (SSSR count). The largest absolute Gasteiger partial charge is 0.371 e. The zero-order chi connectivity index (χ0) is 19.1. The van der Waals surface area contributed by atoms with Crippen molar-refractivity contribution in [3.05, 3.63) is 63.4 Å². The molecule has 1 heterocycles. The maximum atomic E-state index is 13.1. The van der Waals surface area contributed by atoms with Gasteiger partial charge in [-0.1, -0.05) is 35.4 Å². The molecule has 1 aliphatic heterocycles. The van der Waals surface area contributed by atoms with Gasteiger partial charge >= 0.3 is 0 Å². The number of benzene rings is 2. The molecule has 0 unspecified atom stereocenters. The maximum Gasteiger partial charge on any atom is 0.243 e. The summed E-state index contributed by atoms with van der Waals surface area (Å²) in [5.74, 6) is -0.400. The van der Waals surface area contributed by atoms with Crippen molar-refractivity contribution in [2.24, 2.45) is 0 Å². The van der Waals surface area contributed by atoms with Gasteiger partial charge in [0.15, 0.2) is 0 Å². The predicted molar refractivity (Wildman–Crippen MR) is 99.4 cm³/mol. The first kappa shape index (κ1) is 19.3. The molecule has 7 heteroatoms. The second-order valence-electron chi connectivity index (χ2n) is 6.72. The molecule has 1 saturated heterocycles. The Hall–Kier alpha value is -1.47. The molecule has 4 nitrogen and oxygen atoms in total. The summed E-state index contributed by atoms with van der Waals surface area (Å²) in [7, 11) is -3.53. The zero-order valence-corrected chi connectivity index (χ0v) is 16.5. The number of aryl methyl sites for hydroxylation is 3. The van der Waals surface area contributed by atoms with Crippen molar-refractivity contribution in [2.75, 3.05) is 13.1 Å². The third kappa shape index (κ3) is 3.78. The highest BCUT2D eigenvalue weighted by atomic mass is 35.5. The van der Waals surface area contributed by atoms with Crippen LogP contribution in [0, 0.1) is 26.6 Å². The minimum atomic E-state index is -3.53. The van der Waals surface area contributed by atoms with Gasteiger partial charge in [-0.2, -0.15) is 4.31 Å². The molecule has 0 saturated carbocycles. The number of sulfonamides is 1. The fraction of sp³-hybridized carbons (Fsp3) is 0.368. The lowest BCUT2D eigenvalue weighted by atomic mass is 10.1. The van der Waals surface area contributed by atoms with Crippen LogP contribution in [0.4, 0.5) is 4.39 Å². The van der Waals surface area contributed by atoms with E-state index in [9.17, 15) is 12.8 Å². The van der Waals surface area contributed by atoms with Crippen molar-refractivity contribution in [1.29, 1.82) is 0 Å². The van der Waals surface area contributed by atoms with E-state index in [4.69, 9.17) is 16.3 Å². The maximum absolute atomic E-state index is 13.1. The van der Waals surface area contributed by atoms with E-state index in [1.165, 1.54) is 16.4 Å². The van der Waals surface area contributed by atoms with E-state index in [1.807, 2.05) is 32.9 Å². The van der Waals surface area contributed by atoms with Crippen molar-refractivity contribution in [3.63, 3.8) is 0 Å². The van der Waals surface area contributed by atoms with Gasteiger partial charge in [-0.15, -0.1) is 0 Å². The van der Waals surface area contributed by atoms with Gasteiger partial charge in [0, 0.05) is 18.1 Å². The summed E-state index contributed by atoms with van der Waals surface area (Å²) < 4.78 is 46.0. The second-order valence-corrected chi connectivity index (χ2v) is 9.00. The lowest BCUT2D eigenvalue weighted by molar-refractivity contribution is -0.0295. The molecule has 0 amide bonds. The van der Waals surface area contributed by atoms with Gasteiger partial charge in [-0.25, -0.2) is 12.8 Å². The van der Waals surface area contributed by atoms with Crippen LogP contribution < -0.4 is 0 Å². The first-order valence-corrected chi connectivity index (χ1v) is 10.1. The molecule has 0 radical (unpaired) electrons. The fourth-order valence-electron chi connectivity index (χ4n) is 3.25. The summed E-state index contributed by atoms with van der Waals surface area (Å²) in [5, 5.41) is 0.305. The number of nitrogens with zero attached hydrogens (tertiary/aromatic N) is 1. The molecular formula is C19H21ClFNO3S. The zero-order valence-electron chi connectivity index (χ0n) is 14.9. The number of ether oxygens (including phenoxy) is 1. The van der Waals surface area contributed by atoms with Crippen LogP contribution in [0.3, 0.4) is 0 Å². The van der Waals surface area contributed by atoms with Crippen LogP contribution in [0.5, 0.6) is 0 Å². The molecular weight excluding hydrogens is 377 g/mol. The van der Waals surface area contributed by atoms with Crippen molar-refractivity contribution >= 4 is 21.6 Å². The van der Waals surface area contributed by atoms with E-state index < -0.39 is 15.8 Å². The minimum absolute atomic E-state index is 0.197. The lowest BCUT2D eigenvalue weighted by Crippen LogP contribution is -2.54. The molecule has 0 spiro atoms. The molecule has 0 N–H and O–H groups in total. The Balaban J connectivity index is 1.64. The molecule has 0 bridgehead atoms. The molecule has 0 atom stereocenters. The van der Waals surface area contributed by atoms with Crippen molar-refractivity contribution in [2.45, 2.75) is 38.4 Å². The highest BCUT2D eigenvalue weighted by molar-refractivity contribution is 7.89. The smallest absolute Gasteiger partial charge is 0.243 e. The van der Waals surface area contributed by atoms with Gasteiger partial charge in [-0.05, 0) is 49.6 Å². The Kier molecular flexibility index (Phi) is 5.40. The SMILES string of the molecule is Cc1cc(C)c(S(=O)(=O)N2CC(OCc3ccc(F)cc3Cl)C2)c(C)c1. The van der Waals surface area contributed by atoms with E-state index >= 15 is 0 Å². The van der Waals surface area contributed by atoms with E-state index in [1.54, 1.807) is 6.07 Å². The average molecular weight is 398 g/mol. The van der Waals surface area contributed by atoms with Crippen molar-refractivity contribution < 1.29 is 17.5 Å². The van der Waals surface area contributed by atoms with Gasteiger partial charge in [0.25, 0.3) is 0 Å². The normalized spacial score (nSPS) is 15.9. The Morgan fingerprint density at radius 1 is 1.15 bits per heavy atom. The highest BCUT2D eigenvalue weighted by Crippen LogP contribution is 2.29. The van der Waals surface area contributed by atoms with Crippen LogP contribution in [0.25, 0.3) is 0 Å². The van der Waals surface area contributed by atoms with Gasteiger partial charge < -0.3 is 4.74 Å². The van der Waals surface area contributed by atoms with Gasteiger partial charge in [-0.3, -0.25) is 0 Å². The fourth-order valence-corrected chi connectivity index (χ4v) is 5.39. The van der Waals surface area contributed by atoms with Gasteiger partial charge in [0.05, 0.1) is 17.6 Å². The summed E-state index contributed by atoms with van der Waals surface area (Å²) >= 11 is 5.98. The summed E-state index contributed by atoms with van der Waals surface area (Å²) in [5.41, 5.74) is 3.23. The number of rotatable bonds is 5. The van der Waals surface area contributed by atoms with Crippen LogP contribution >= 0.6 is 11.6 Å². The Bertz CT molecular complexity index is 917. The Morgan fingerprint density at radius 2 is 1.77 bits per heavy atom. The van der Waals surface area contributed by atoms with E-state index in [-0.39, 0.29) is 12.7 Å². The number of hydrogen-bond acceptors (Lipinski definition) is 3. The summed E-state index contributed by atoms with van der Waals surface area (Å²) in [6.45, 7) is 6.40. The quantitative estimate of drug-likeness (QED) is 0.766. The molecule has 0 aromatic heterocycles. The number of halogens is 2.